The van der Waals surface area contributed by atoms with Crippen molar-refractivity contribution in [1.29, 1.82) is 5.41 Å². The summed E-state index contributed by atoms with van der Waals surface area (Å²) in [5.74, 6) is 0. The molecule has 7 N–H and O–H groups in total. The zero-order valence-electron chi connectivity index (χ0n) is 8.70. The highest BCUT2D eigenvalue weighted by atomic mass is 16.0. The van der Waals surface area contributed by atoms with Crippen LogP contribution in [0.5, 0.6) is 0 Å². The van der Waals surface area contributed by atoms with Gasteiger partial charge < -0.3 is 25.6 Å². The summed E-state index contributed by atoms with van der Waals surface area (Å²) >= 11 is 0. The van der Waals surface area contributed by atoms with Crippen molar-refractivity contribution in [3.05, 3.63) is 29.9 Å². The van der Waals surface area contributed by atoms with Gasteiger partial charge in [0, 0.05) is 14.1 Å². The number of rotatable bonds is 0. The van der Waals surface area contributed by atoms with Crippen LogP contribution in [0, 0.1) is 5.41 Å². The summed E-state index contributed by atoms with van der Waals surface area (Å²) in [5, 5.41) is 7.70. The van der Waals surface area contributed by atoms with Crippen molar-refractivity contribution in [2.75, 3.05) is 0 Å². The van der Waals surface area contributed by atoms with Crippen LogP contribution in [0.1, 0.15) is 0 Å². The van der Waals surface area contributed by atoms with Crippen molar-refractivity contribution in [1.82, 2.24) is 9.13 Å². The van der Waals surface area contributed by atoms with E-state index in [0.29, 0.717) is 5.62 Å². The lowest BCUT2D eigenvalue weighted by atomic mass is 10.3. The first kappa shape index (κ1) is 15.8. The van der Waals surface area contributed by atoms with Crippen molar-refractivity contribution in [2.45, 2.75) is 0 Å². The first-order chi connectivity index (χ1) is 5.72. The van der Waals surface area contributed by atoms with Gasteiger partial charge in [-0.25, -0.2) is 0 Å². The van der Waals surface area contributed by atoms with Gasteiger partial charge in [0.25, 0.3) is 0 Å². The molecule has 6 nitrogen and oxygen atoms in total. The largest absolute Gasteiger partial charge is 0.412 e. The van der Waals surface area contributed by atoms with Crippen LogP contribution < -0.4 is 5.62 Å². The van der Waals surface area contributed by atoms with E-state index < -0.39 is 0 Å². The predicted octanol–water partition coefficient (Wildman–Crippen LogP) is -1.48. The Bertz CT molecular complexity index is 445. The standard InChI is InChI=1S/C9H11N3.3H2O/c1-11-7-5-3-4-6-8(7)12(2)9(11)10;;;/h3-6,10H,1-2H3;3*1H2. The third kappa shape index (κ3) is 2.07. The molecule has 0 atom stereocenters. The molecule has 1 aromatic heterocycles. The summed E-state index contributed by atoms with van der Waals surface area (Å²) in [6.07, 6.45) is 0. The van der Waals surface area contributed by atoms with Gasteiger partial charge in [-0.05, 0) is 12.1 Å². The van der Waals surface area contributed by atoms with E-state index in [2.05, 4.69) is 0 Å². The van der Waals surface area contributed by atoms with Crippen LogP contribution in [-0.2, 0) is 14.1 Å². The second-order valence-electron chi connectivity index (χ2n) is 2.93. The molecule has 2 rings (SSSR count). The molecular formula is C9H17N3O3. The van der Waals surface area contributed by atoms with Crippen molar-refractivity contribution < 1.29 is 16.4 Å². The maximum absolute atomic E-state index is 7.70. The van der Waals surface area contributed by atoms with E-state index in [-0.39, 0.29) is 16.4 Å². The topological polar surface area (TPSA) is 128 Å². The van der Waals surface area contributed by atoms with Crippen LogP contribution in [0.4, 0.5) is 0 Å². The average molecular weight is 215 g/mol. The highest BCUT2D eigenvalue weighted by Crippen LogP contribution is 2.08. The number of para-hydroxylation sites is 2. The SMILES string of the molecule is Cn1c(=N)n(C)c2ccccc21.O.O.O. The van der Waals surface area contributed by atoms with Crippen LogP contribution in [0.2, 0.25) is 0 Å². The lowest BCUT2D eigenvalue weighted by Crippen LogP contribution is -2.19. The van der Waals surface area contributed by atoms with E-state index in [0.717, 1.165) is 11.0 Å². The molecule has 0 saturated carbocycles. The average Bonchev–Trinajstić information content (AvgIpc) is 2.33. The Balaban J connectivity index is 0. The van der Waals surface area contributed by atoms with Gasteiger partial charge >= 0.3 is 0 Å². The quantitative estimate of drug-likeness (QED) is 0.550. The Morgan fingerprint density at radius 2 is 1.20 bits per heavy atom. The van der Waals surface area contributed by atoms with Gasteiger partial charge in [0.15, 0.2) is 0 Å². The fraction of sp³-hybridized carbons (Fsp3) is 0.222. The van der Waals surface area contributed by atoms with Gasteiger partial charge in [-0.15, -0.1) is 0 Å². The van der Waals surface area contributed by atoms with Crippen LogP contribution >= 0.6 is 0 Å². The Morgan fingerprint density at radius 3 is 1.53 bits per heavy atom. The number of nitrogens with one attached hydrogen (secondary N) is 1. The fourth-order valence-electron chi connectivity index (χ4n) is 1.48. The highest BCUT2D eigenvalue weighted by molar-refractivity contribution is 5.75. The van der Waals surface area contributed by atoms with Crippen LogP contribution in [0.25, 0.3) is 11.0 Å². The van der Waals surface area contributed by atoms with Crippen molar-refractivity contribution in [3.8, 4) is 0 Å². The normalized spacial score (nSPS) is 8.67. The number of fused-ring (bicyclic) bond motifs is 1. The smallest absolute Gasteiger partial charge is 0.202 e. The number of hydrogen-bond acceptors (Lipinski definition) is 1. The van der Waals surface area contributed by atoms with Gasteiger partial charge in [-0.1, -0.05) is 12.1 Å². The van der Waals surface area contributed by atoms with Gasteiger partial charge in [-0.3, -0.25) is 5.41 Å². The van der Waals surface area contributed by atoms with E-state index in [1.54, 1.807) is 0 Å². The van der Waals surface area contributed by atoms with Crippen molar-refractivity contribution in [2.24, 2.45) is 14.1 Å². The molecule has 1 aromatic carbocycles. The molecule has 86 valence electrons. The maximum atomic E-state index is 7.70. The zero-order valence-corrected chi connectivity index (χ0v) is 8.70. The number of benzene rings is 1. The minimum Gasteiger partial charge on any atom is -0.412 e. The summed E-state index contributed by atoms with van der Waals surface area (Å²) in [6, 6.07) is 8.02. The molecule has 0 aliphatic heterocycles. The molecule has 0 spiro atoms. The fourth-order valence-corrected chi connectivity index (χ4v) is 1.48. The first-order valence-electron chi connectivity index (χ1n) is 3.87. The molecular weight excluding hydrogens is 198 g/mol. The van der Waals surface area contributed by atoms with Crippen LogP contribution in [-0.4, -0.2) is 25.6 Å². The molecule has 0 saturated heterocycles. The van der Waals surface area contributed by atoms with E-state index in [4.69, 9.17) is 5.41 Å². The second kappa shape index (κ2) is 5.30. The van der Waals surface area contributed by atoms with Crippen LogP contribution in [0.3, 0.4) is 0 Å². The van der Waals surface area contributed by atoms with Gasteiger partial charge in [0.05, 0.1) is 11.0 Å². The molecule has 6 heteroatoms. The zero-order chi connectivity index (χ0) is 8.72. The third-order valence-electron chi connectivity index (χ3n) is 2.24. The second-order valence-corrected chi connectivity index (χ2v) is 2.93. The Kier molecular flexibility index (Phi) is 5.59. The number of hydrogen-bond donors (Lipinski definition) is 1. The Hall–Kier alpha value is -1.63. The maximum Gasteiger partial charge on any atom is 0.202 e. The Morgan fingerprint density at radius 1 is 0.867 bits per heavy atom. The molecule has 0 aliphatic carbocycles. The van der Waals surface area contributed by atoms with Crippen molar-refractivity contribution in [3.63, 3.8) is 0 Å². The summed E-state index contributed by atoms with van der Waals surface area (Å²) in [6.45, 7) is 0. The van der Waals surface area contributed by atoms with Gasteiger partial charge in [0.1, 0.15) is 0 Å². The summed E-state index contributed by atoms with van der Waals surface area (Å²) in [4.78, 5) is 0. The molecule has 2 aromatic rings. The molecule has 0 aliphatic rings. The highest BCUT2D eigenvalue weighted by Gasteiger charge is 2.01. The lowest BCUT2D eigenvalue weighted by molar-refractivity contribution is 0.742. The Labute approximate surface area is 86.8 Å². The minimum atomic E-state index is 0. The molecule has 0 amide bonds. The van der Waals surface area contributed by atoms with Gasteiger partial charge in [0.2, 0.25) is 5.62 Å². The van der Waals surface area contributed by atoms with E-state index in [1.807, 2.05) is 47.5 Å². The van der Waals surface area contributed by atoms with Crippen LogP contribution in [0.15, 0.2) is 24.3 Å². The molecule has 1 heterocycles. The third-order valence-corrected chi connectivity index (χ3v) is 2.24. The monoisotopic (exact) mass is 215 g/mol. The predicted molar refractivity (Wildman–Crippen MR) is 58.6 cm³/mol. The van der Waals surface area contributed by atoms with E-state index >= 15 is 0 Å². The molecule has 15 heavy (non-hydrogen) atoms. The first-order valence-corrected chi connectivity index (χ1v) is 3.87. The lowest BCUT2D eigenvalue weighted by Gasteiger charge is -1.91. The van der Waals surface area contributed by atoms with E-state index in [9.17, 15) is 0 Å². The summed E-state index contributed by atoms with van der Waals surface area (Å²) in [5.41, 5.74) is 2.73. The minimum absolute atomic E-state index is 0. The number of imidazole rings is 1. The molecule has 0 fully saturated rings. The summed E-state index contributed by atoms with van der Waals surface area (Å²) in [7, 11) is 3.81. The van der Waals surface area contributed by atoms with Gasteiger partial charge in [-0.2, -0.15) is 0 Å². The molecule has 0 radical (unpaired) electrons. The molecule has 0 unspecified atom stereocenters. The van der Waals surface area contributed by atoms with Crippen molar-refractivity contribution >= 4 is 11.0 Å². The summed E-state index contributed by atoms with van der Waals surface area (Å²) < 4.78 is 3.74. The number of nitrogens with zero attached hydrogens (tertiary/aromatic N) is 2. The van der Waals surface area contributed by atoms with E-state index in [1.165, 1.54) is 0 Å². The number of aryl methyl sites for hydroxylation is 2. The molecule has 0 bridgehead atoms. The number of aromatic nitrogens is 2.